The number of amides is 2. The highest BCUT2D eigenvalue weighted by Gasteiger charge is 2.07. The van der Waals surface area contributed by atoms with Crippen LogP contribution >= 0.6 is 38.9 Å². The van der Waals surface area contributed by atoms with Crippen LogP contribution < -0.4 is 15.6 Å². The Morgan fingerprint density at radius 3 is 2.43 bits per heavy atom. The van der Waals surface area contributed by atoms with Gasteiger partial charge < -0.3 is 4.74 Å². The van der Waals surface area contributed by atoms with E-state index in [1.165, 1.54) is 11.3 Å². The summed E-state index contributed by atoms with van der Waals surface area (Å²) in [4.78, 5) is 24.3. The Morgan fingerprint density at radius 1 is 1.09 bits per heavy atom. The molecule has 23 heavy (non-hydrogen) atoms. The van der Waals surface area contributed by atoms with Gasteiger partial charge in [-0.2, -0.15) is 0 Å². The highest BCUT2D eigenvalue weighted by molar-refractivity contribution is 9.10. The van der Waals surface area contributed by atoms with Gasteiger partial charge in [0.2, 0.25) is 5.91 Å². The van der Waals surface area contributed by atoms with E-state index in [4.69, 9.17) is 16.3 Å². The predicted molar refractivity (Wildman–Crippen MR) is 93.6 cm³/mol. The topological polar surface area (TPSA) is 67.4 Å². The molecule has 0 aliphatic carbocycles. The molecule has 0 atom stereocenters. The highest BCUT2D eigenvalue weighted by Crippen LogP contribution is 2.22. The first-order chi connectivity index (χ1) is 11.0. The van der Waals surface area contributed by atoms with Gasteiger partial charge in [0.25, 0.3) is 5.91 Å². The van der Waals surface area contributed by atoms with Crippen molar-refractivity contribution in [1.29, 1.82) is 0 Å². The van der Waals surface area contributed by atoms with Gasteiger partial charge in [0.1, 0.15) is 5.75 Å². The summed E-state index contributed by atoms with van der Waals surface area (Å²) >= 11 is 10.6. The quantitative estimate of drug-likeness (QED) is 0.709. The maximum Gasteiger partial charge on any atom is 0.276 e. The van der Waals surface area contributed by atoms with Crippen molar-refractivity contribution in [2.75, 3.05) is 6.61 Å². The van der Waals surface area contributed by atoms with Gasteiger partial charge in [-0.25, -0.2) is 0 Å². The predicted octanol–water partition coefficient (Wildman–Crippen LogP) is 3.32. The van der Waals surface area contributed by atoms with Gasteiger partial charge >= 0.3 is 0 Å². The molecule has 0 radical (unpaired) electrons. The minimum absolute atomic E-state index is 0.178. The molecule has 0 unspecified atom stereocenters. The number of nitrogens with one attached hydrogen (secondary N) is 2. The van der Waals surface area contributed by atoms with Gasteiger partial charge in [-0.15, -0.1) is 11.3 Å². The molecule has 0 saturated heterocycles. The molecular formula is C15H14BrClN2O3S. The summed E-state index contributed by atoms with van der Waals surface area (Å²) < 4.78 is 6.91. The standard InChI is InChI=1S/C15H14BrClN2O3S/c16-10-1-3-11(4-2-10)22-9-15(21)19-18-14(20)8-6-12-5-7-13(17)23-12/h1-5,7H,6,8-9H2,(H,18,20)(H,19,21). The second-order valence-corrected chi connectivity index (χ2v) is 7.26. The van der Waals surface area contributed by atoms with Crippen molar-refractivity contribution >= 4 is 50.7 Å². The van der Waals surface area contributed by atoms with Crippen LogP contribution in [0.1, 0.15) is 11.3 Å². The van der Waals surface area contributed by atoms with Crippen LogP contribution in [0.15, 0.2) is 40.9 Å². The molecule has 0 aliphatic heterocycles. The Labute approximate surface area is 151 Å². The number of benzene rings is 1. The fraction of sp³-hybridized carbons (Fsp3) is 0.200. The molecule has 0 aliphatic rings. The fourth-order valence-corrected chi connectivity index (χ4v) is 2.99. The summed E-state index contributed by atoms with van der Waals surface area (Å²) in [5, 5.41) is 0. The SMILES string of the molecule is O=C(CCc1ccc(Cl)s1)NNC(=O)COc1ccc(Br)cc1. The van der Waals surface area contributed by atoms with E-state index in [-0.39, 0.29) is 18.9 Å². The number of ether oxygens (including phenoxy) is 1. The van der Waals surface area contributed by atoms with Gasteiger partial charge in [0.05, 0.1) is 4.34 Å². The normalized spacial score (nSPS) is 10.2. The summed E-state index contributed by atoms with van der Waals surface area (Å²) in [5.41, 5.74) is 4.66. The van der Waals surface area contributed by atoms with Crippen LogP contribution in [0.4, 0.5) is 0 Å². The maximum absolute atomic E-state index is 11.6. The van der Waals surface area contributed by atoms with Crippen LogP contribution in [0.25, 0.3) is 0 Å². The Bertz CT molecular complexity index is 676. The molecule has 1 heterocycles. The van der Waals surface area contributed by atoms with Gasteiger partial charge in [-0.05, 0) is 42.8 Å². The van der Waals surface area contributed by atoms with Crippen LogP contribution in [0.5, 0.6) is 5.75 Å². The lowest BCUT2D eigenvalue weighted by molar-refractivity contribution is -0.130. The van der Waals surface area contributed by atoms with E-state index in [0.29, 0.717) is 16.5 Å². The van der Waals surface area contributed by atoms with Gasteiger partial charge in [0, 0.05) is 15.8 Å². The van der Waals surface area contributed by atoms with Crippen molar-refractivity contribution in [3.05, 3.63) is 50.1 Å². The number of hydrogen-bond donors (Lipinski definition) is 2. The zero-order valence-corrected chi connectivity index (χ0v) is 15.1. The molecule has 5 nitrogen and oxygen atoms in total. The van der Waals surface area contributed by atoms with Crippen molar-refractivity contribution in [2.45, 2.75) is 12.8 Å². The second-order valence-electron chi connectivity index (χ2n) is 4.54. The molecule has 8 heteroatoms. The second kappa shape index (κ2) is 8.90. The van der Waals surface area contributed by atoms with Crippen LogP contribution in [-0.4, -0.2) is 18.4 Å². The van der Waals surface area contributed by atoms with Crippen molar-refractivity contribution < 1.29 is 14.3 Å². The van der Waals surface area contributed by atoms with Crippen LogP contribution in [0, 0.1) is 0 Å². The number of thiophene rings is 1. The van der Waals surface area contributed by atoms with Gasteiger partial charge in [-0.3, -0.25) is 20.4 Å². The number of rotatable bonds is 6. The first-order valence-corrected chi connectivity index (χ1v) is 8.72. The molecule has 122 valence electrons. The summed E-state index contributed by atoms with van der Waals surface area (Å²) in [6.07, 6.45) is 0.846. The molecule has 0 spiro atoms. The van der Waals surface area contributed by atoms with Crippen LogP contribution in [0.3, 0.4) is 0 Å². The lowest BCUT2D eigenvalue weighted by Gasteiger charge is -2.08. The Kier molecular flexibility index (Phi) is 6.88. The molecule has 0 bridgehead atoms. The van der Waals surface area contributed by atoms with E-state index in [2.05, 4.69) is 26.8 Å². The largest absolute Gasteiger partial charge is 0.484 e. The Hall–Kier alpha value is -1.57. The number of hydrogen-bond acceptors (Lipinski definition) is 4. The third-order valence-corrected chi connectivity index (χ3v) is 4.57. The molecule has 0 fully saturated rings. The number of aryl methyl sites for hydroxylation is 1. The third-order valence-electron chi connectivity index (χ3n) is 2.75. The lowest BCUT2D eigenvalue weighted by atomic mass is 10.2. The summed E-state index contributed by atoms with van der Waals surface area (Å²) in [5.74, 6) is -0.129. The van der Waals surface area contributed by atoms with Crippen molar-refractivity contribution in [1.82, 2.24) is 10.9 Å². The summed E-state index contributed by atoms with van der Waals surface area (Å²) in [7, 11) is 0. The third kappa shape index (κ3) is 6.60. The van der Waals surface area contributed by atoms with E-state index < -0.39 is 5.91 Å². The molecule has 2 amide bonds. The molecule has 1 aromatic heterocycles. The smallest absolute Gasteiger partial charge is 0.276 e. The lowest BCUT2D eigenvalue weighted by Crippen LogP contribution is -2.43. The first-order valence-electron chi connectivity index (χ1n) is 6.73. The number of carbonyl (C=O) groups excluding carboxylic acids is 2. The van der Waals surface area contributed by atoms with Gasteiger partial charge in [-0.1, -0.05) is 27.5 Å². The van der Waals surface area contributed by atoms with Crippen molar-refractivity contribution in [3.63, 3.8) is 0 Å². The molecule has 1 aromatic carbocycles. The molecule has 2 aromatic rings. The summed E-state index contributed by atoms with van der Waals surface area (Å²) in [6, 6.07) is 10.8. The monoisotopic (exact) mass is 416 g/mol. The minimum atomic E-state index is -0.430. The van der Waals surface area contributed by atoms with Crippen LogP contribution in [0.2, 0.25) is 4.34 Å². The van der Waals surface area contributed by atoms with E-state index in [0.717, 1.165) is 9.35 Å². The van der Waals surface area contributed by atoms with E-state index in [1.807, 2.05) is 18.2 Å². The Balaban J connectivity index is 1.63. The summed E-state index contributed by atoms with van der Waals surface area (Å²) in [6.45, 7) is -0.178. The average molecular weight is 418 g/mol. The number of carbonyl (C=O) groups is 2. The van der Waals surface area contributed by atoms with Crippen molar-refractivity contribution in [2.24, 2.45) is 0 Å². The molecule has 2 N–H and O–H groups in total. The first kappa shape index (κ1) is 17.8. The average Bonchev–Trinajstić information content (AvgIpc) is 2.96. The van der Waals surface area contributed by atoms with Crippen LogP contribution in [-0.2, 0) is 16.0 Å². The molecule has 2 rings (SSSR count). The minimum Gasteiger partial charge on any atom is -0.484 e. The fourth-order valence-electron chi connectivity index (χ4n) is 1.64. The molecule has 0 saturated carbocycles. The number of halogens is 2. The maximum atomic E-state index is 11.6. The van der Waals surface area contributed by atoms with Gasteiger partial charge in [0.15, 0.2) is 6.61 Å². The zero-order valence-electron chi connectivity index (χ0n) is 12.0. The Morgan fingerprint density at radius 2 is 1.78 bits per heavy atom. The van der Waals surface area contributed by atoms with E-state index in [1.54, 1.807) is 18.2 Å². The zero-order chi connectivity index (χ0) is 16.7. The van der Waals surface area contributed by atoms with E-state index >= 15 is 0 Å². The highest BCUT2D eigenvalue weighted by atomic mass is 79.9. The van der Waals surface area contributed by atoms with Crippen molar-refractivity contribution in [3.8, 4) is 5.75 Å². The molecular weight excluding hydrogens is 404 g/mol. The van der Waals surface area contributed by atoms with E-state index in [9.17, 15) is 9.59 Å². The number of hydrazine groups is 1.